The fourth-order valence-corrected chi connectivity index (χ4v) is 1.50. The van der Waals surface area contributed by atoms with Crippen LogP contribution in [0.15, 0.2) is 29.4 Å². The molecule has 1 aromatic rings. The minimum Gasteiger partial charge on any atom is -0.326 e. The van der Waals surface area contributed by atoms with E-state index in [2.05, 4.69) is 10.5 Å². The number of anilines is 1. The predicted octanol–water partition coefficient (Wildman–Crippen LogP) is 2.86. The Balaban J connectivity index is 2.01. The average Bonchev–Trinajstić information content (AvgIpc) is 3.13. The van der Waals surface area contributed by atoms with Gasteiger partial charge in [-0.3, -0.25) is 4.79 Å². The summed E-state index contributed by atoms with van der Waals surface area (Å²) < 4.78 is 0. The summed E-state index contributed by atoms with van der Waals surface area (Å²) in [5, 5.41) is 5.79. The topological polar surface area (TPSA) is 58.5 Å². The molecule has 0 aromatic heterocycles. The van der Waals surface area contributed by atoms with Gasteiger partial charge >= 0.3 is 0 Å². The second kappa shape index (κ2) is 4.43. The van der Waals surface area contributed by atoms with Crippen LogP contribution < -0.4 is 5.32 Å². The molecule has 2 rings (SSSR count). The summed E-state index contributed by atoms with van der Waals surface area (Å²) >= 11 is 0. The van der Waals surface area contributed by atoms with Crippen molar-refractivity contribution in [2.45, 2.75) is 25.8 Å². The molecule has 4 heteroatoms. The monoisotopic (exact) mass is 218 g/mol. The molecular weight excluding hydrogens is 204 g/mol. The van der Waals surface area contributed by atoms with Crippen LogP contribution in [0, 0.1) is 10.8 Å². The molecule has 1 fully saturated rings. The third kappa shape index (κ3) is 2.45. The lowest BCUT2D eigenvalue weighted by atomic mass is 10.1. The van der Waals surface area contributed by atoms with Crippen LogP contribution in [-0.2, 0) is 4.79 Å². The van der Waals surface area contributed by atoms with Gasteiger partial charge in [0.2, 0.25) is 5.91 Å². The van der Waals surface area contributed by atoms with Gasteiger partial charge in [-0.25, -0.2) is 0 Å². The van der Waals surface area contributed by atoms with E-state index < -0.39 is 0 Å². The van der Waals surface area contributed by atoms with Crippen molar-refractivity contribution in [2.75, 3.05) is 5.32 Å². The van der Waals surface area contributed by atoms with Crippen LogP contribution in [0.1, 0.15) is 31.4 Å². The van der Waals surface area contributed by atoms with Gasteiger partial charge in [0.15, 0.2) is 0 Å². The number of rotatable bonds is 4. The van der Waals surface area contributed by atoms with E-state index in [9.17, 15) is 9.70 Å². The number of carbonyl (C=O) groups is 1. The number of amides is 1. The summed E-state index contributed by atoms with van der Waals surface area (Å²) in [6, 6.07) is 6.89. The third-order valence-corrected chi connectivity index (χ3v) is 2.77. The molecule has 1 aliphatic rings. The first-order valence-electron chi connectivity index (χ1n) is 5.44. The molecule has 1 unspecified atom stereocenters. The summed E-state index contributed by atoms with van der Waals surface area (Å²) in [5.41, 5.74) is 1.64. The van der Waals surface area contributed by atoms with Crippen LogP contribution in [0.2, 0.25) is 0 Å². The number of hydrogen-bond donors (Lipinski definition) is 1. The Hall–Kier alpha value is -1.71. The smallest absolute Gasteiger partial charge is 0.227 e. The Morgan fingerprint density at radius 2 is 2.00 bits per heavy atom. The molecule has 0 saturated heterocycles. The van der Waals surface area contributed by atoms with E-state index in [1.165, 1.54) is 0 Å². The van der Waals surface area contributed by atoms with Gasteiger partial charge in [-0.1, -0.05) is 17.3 Å². The van der Waals surface area contributed by atoms with Crippen molar-refractivity contribution in [3.05, 3.63) is 34.7 Å². The third-order valence-electron chi connectivity index (χ3n) is 2.77. The summed E-state index contributed by atoms with van der Waals surface area (Å²) in [5.74, 6) is 0.296. The highest BCUT2D eigenvalue weighted by Gasteiger charge is 2.29. The zero-order valence-electron chi connectivity index (χ0n) is 9.14. The molecule has 0 radical (unpaired) electrons. The first-order valence-corrected chi connectivity index (χ1v) is 5.44. The second-order valence-corrected chi connectivity index (χ2v) is 4.17. The maximum Gasteiger partial charge on any atom is 0.227 e. The largest absolute Gasteiger partial charge is 0.326 e. The van der Waals surface area contributed by atoms with Crippen LogP contribution in [0.3, 0.4) is 0 Å². The van der Waals surface area contributed by atoms with Crippen LogP contribution in [0.4, 0.5) is 5.69 Å². The van der Waals surface area contributed by atoms with Gasteiger partial charge in [0.1, 0.15) is 6.04 Å². The van der Waals surface area contributed by atoms with E-state index >= 15 is 0 Å². The highest BCUT2D eigenvalue weighted by Crippen LogP contribution is 2.30. The number of nitroso groups, excluding NO2 is 1. The summed E-state index contributed by atoms with van der Waals surface area (Å²) in [7, 11) is 0. The molecular formula is C12H14N2O2. The molecule has 0 spiro atoms. The molecule has 0 aliphatic heterocycles. The highest BCUT2D eigenvalue weighted by molar-refractivity contribution is 5.93. The molecule has 84 valence electrons. The summed E-state index contributed by atoms with van der Waals surface area (Å²) in [6.07, 6.45) is 1.99. The number of hydrogen-bond acceptors (Lipinski definition) is 3. The van der Waals surface area contributed by atoms with Gasteiger partial charge in [0.25, 0.3) is 0 Å². The van der Waals surface area contributed by atoms with Gasteiger partial charge in [-0.15, -0.1) is 0 Å². The van der Waals surface area contributed by atoms with Crippen molar-refractivity contribution in [1.82, 2.24) is 0 Å². The zero-order valence-corrected chi connectivity index (χ0v) is 9.14. The molecule has 1 amide bonds. The van der Waals surface area contributed by atoms with Gasteiger partial charge in [-0.05, 0) is 37.5 Å². The predicted molar refractivity (Wildman–Crippen MR) is 62.0 cm³/mol. The molecule has 0 heterocycles. The van der Waals surface area contributed by atoms with Crippen LogP contribution >= 0.6 is 0 Å². The molecule has 16 heavy (non-hydrogen) atoms. The van der Waals surface area contributed by atoms with Gasteiger partial charge in [-0.2, -0.15) is 4.91 Å². The molecule has 1 atom stereocenters. The lowest BCUT2D eigenvalue weighted by molar-refractivity contribution is -0.117. The highest BCUT2D eigenvalue weighted by atomic mass is 16.3. The van der Waals surface area contributed by atoms with Gasteiger partial charge in [0, 0.05) is 11.6 Å². The van der Waals surface area contributed by atoms with Gasteiger partial charge in [0.05, 0.1) is 0 Å². The fourth-order valence-electron chi connectivity index (χ4n) is 1.50. The number of nitrogens with zero attached hydrogens (tertiary/aromatic N) is 1. The van der Waals surface area contributed by atoms with Crippen molar-refractivity contribution >= 4 is 11.6 Å². The first-order chi connectivity index (χ1) is 7.70. The average molecular weight is 218 g/mol. The Morgan fingerprint density at radius 3 is 2.50 bits per heavy atom. The Morgan fingerprint density at radius 1 is 1.38 bits per heavy atom. The van der Waals surface area contributed by atoms with Crippen molar-refractivity contribution in [3.8, 4) is 0 Å². The van der Waals surface area contributed by atoms with Crippen LogP contribution in [0.25, 0.3) is 0 Å². The van der Waals surface area contributed by atoms with E-state index in [0.717, 1.165) is 24.1 Å². The molecule has 0 bridgehead atoms. The Bertz CT molecular complexity index is 396. The van der Waals surface area contributed by atoms with Crippen molar-refractivity contribution in [1.29, 1.82) is 0 Å². The van der Waals surface area contributed by atoms with Crippen LogP contribution in [-0.4, -0.2) is 5.91 Å². The van der Waals surface area contributed by atoms with Crippen LogP contribution in [0.5, 0.6) is 0 Å². The molecule has 1 N–H and O–H groups in total. The molecule has 4 nitrogen and oxygen atoms in total. The van der Waals surface area contributed by atoms with Crippen molar-refractivity contribution in [2.24, 2.45) is 11.1 Å². The standard InChI is InChI=1S/C12H14N2O2/c1-8(14-16)9-4-6-11(7-5-9)13-12(15)10-2-3-10/h4-8,10H,2-3H2,1H3,(H,13,15). The SMILES string of the molecule is CC(N=O)c1ccc(NC(=O)C2CC2)cc1. The lowest BCUT2D eigenvalue weighted by Crippen LogP contribution is -2.13. The first kappa shape index (κ1) is 10.8. The van der Waals surface area contributed by atoms with Crippen molar-refractivity contribution in [3.63, 3.8) is 0 Å². The number of benzene rings is 1. The van der Waals surface area contributed by atoms with E-state index in [0.29, 0.717) is 0 Å². The Labute approximate surface area is 94.0 Å². The number of nitrogens with one attached hydrogen (secondary N) is 1. The minimum absolute atomic E-state index is 0.0920. The fraction of sp³-hybridized carbons (Fsp3) is 0.417. The van der Waals surface area contributed by atoms with Gasteiger partial charge < -0.3 is 5.32 Å². The van der Waals surface area contributed by atoms with E-state index in [1.54, 1.807) is 19.1 Å². The minimum atomic E-state index is -0.340. The van der Waals surface area contributed by atoms with Crippen molar-refractivity contribution < 1.29 is 4.79 Å². The second-order valence-electron chi connectivity index (χ2n) is 4.17. The zero-order chi connectivity index (χ0) is 11.5. The quantitative estimate of drug-likeness (QED) is 0.790. The number of carbonyl (C=O) groups excluding carboxylic acids is 1. The molecule has 1 aliphatic carbocycles. The Kier molecular flexibility index (Phi) is 2.99. The normalized spacial score (nSPS) is 16.6. The molecule has 1 aromatic carbocycles. The maximum atomic E-state index is 11.5. The molecule has 1 saturated carbocycles. The maximum absolute atomic E-state index is 11.5. The van der Waals surface area contributed by atoms with E-state index in [-0.39, 0.29) is 17.9 Å². The van der Waals surface area contributed by atoms with E-state index in [4.69, 9.17) is 0 Å². The summed E-state index contributed by atoms with van der Waals surface area (Å²) in [6.45, 7) is 1.74. The summed E-state index contributed by atoms with van der Waals surface area (Å²) in [4.78, 5) is 21.8. The van der Waals surface area contributed by atoms with E-state index in [1.807, 2.05) is 12.1 Å². The lowest BCUT2D eigenvalue weighted by Gasteiger charge is -2.06.